The number of thioether (sulfide) groups is 1. The lowest BCUT2D eigenvalue weighted by Gasteiger charge is -2.27. The number of nitrogens with zero attached hydrogens (tertiary/aromatic N) is 3. The average molecular weight is 426 g/mol. The Kier molecular flexibility index (Phi) is 7.07. The third-order valence-corrected chi connectivity index (χ3v) is 4.81. The molecule has 7 heteroatoms. The van der Waals surface area contributed by atoms with Crippen molar-refractivity contribution in [2.75, 3.05) is 24.6 Å². The van der Waals surface area contributed by atoms with Gasteiger partial charge in [0, 0.05) is 35.4 Å². The minimum Gasteiger partial charge on any atom is -0.370 e. The highest BCUT2D eigenvalue weighted by atomic mass is 127. The summed E-state index contributed by atoms with van der Waals surface area (Å²) in [4.78, 5) is 11.3. The molecule has 2 N–H and O–H groups in total. The third kappa shape index (κ3) is 5.07. The van der Waals surface area contributed by atoms with Crippen LogP contribution in [-0.2, 0) is 12.0 Å². The van der Waals surface area contributed by atoms with E-state index in [0.717, 1.165) is 35.3 Å². The number of aromatic nitrogens is 1. The molecule has 1 aromatic heterocycles. The summed E-state index contributed by atoms with van der Waals surface area (Å²) < 4.78 is 0. The first-order valence-corrected chi connectivity index (χ1v) is 8.58. The highest BCUT2D eigenvalue weighted by Crippen LogP contribution is 2.24. The number of halogens is 1. The van der Waals surface area contributed by atoms with Gasteiger partial charge in [-0.1, -0.05) is 20.8 Å². The van der Waals surface area contributed by atoms with Crippen LogP contribution >= 0.6 is 47.1 Å². The summed E-state index contributed by atoms with van der Waals surface area (Å²) in [5, 5.41) is 3.16. The number of guanidine groups is 1. The smallest absolute Gasteiger partial charge is 0.191 e. The van der Waals surface area contributed by atoms with E-state index in [0.29, 0.717) is 12.5 Å². The maximum absolute atomic E-state index is 6.03. The van der Waals surface area contributed by atoms with E-state index in [2.05, 4.69) is 41.0 Å². The third-order valence-electron chi connectivity index (χ3n) is 3.03. The molecular weight excluding hydrogens is 403 g/mol. The van der Waals surface area contributed by atoms with Crippen LogP contribution in [0.25, 0.3) is 0 Å². The van der Waals surface area contributed by atoms with Crippen molar-refractivity contribution < 1.29 is 0 Å². The molecule has 1 aromatic rings. The van der Waals surface area contributed by atoms with Gasteiger partial charge in [-0.25, -0.2) is 9.98 Å². The van der Waals surface area contributed by atoms with Gasteiger partial charge in [0.2, 0.25) is 0 Å². The van der Waals surface area contributed by atoms with Gasteiger partial charge in [-0.2, -0.15) is 11.8 Å². The molecule has 0 aromatic carbocycles. The molecule has 1 aliphatic heterocycles. The van der Waals surface area contributed by atoms with E-state index in [1.807, 2.05) is 11.8 Å². The van der Waals surface area contributed by atoms with Gasteiger partial charge >= 0.3 is 0 Å². The summed E-state index contributed by atoms with van der Waals surface area (Å²) >= 11 is 3.64. The van der Waals surface area contributed by atoms with Gasteiger partial charge < -0.3 is 10.6 Å². The maximum Gasteiger partial charge on any atom is 0.191 e. The van der Waals surface area contributed by atoms with Gasteiger partial charge in [0.1, 0.15) is 5.01 Å². The standard InChI is InChI=1S/C13H22N4S2.HI/c1-13(2,3)10-9-19-11(16-10)8-15-12(14)17-4-6-18-7-5-17;/h9H,4-8H2,1-3H3,(H2,14,15);1H. The Morgan fingerprint density at radius 3 is 2.60 bits per heavy atom. The highest BCUT2D eigenvalue weighted by Gasteiger charge is 2.17. The van der Waals surface area contributed by atoms with Gasteiger partial charge in [-0.15, -0.1) is 35.3 Å². The van der Waals surface area contributed by atoms with Crippen LogP contribution in [0.1, 0.15) is 31.5 Å². The van der Waals surface area contributed by atoms with Crippen molar-refractivity contribution in [2.24, 2.45) is 10.7 Å². The molecule has 20 heavy (non-hydrogen) atoms. The molecule has 1 aliphatic rings. The van der Waals surface area contributed by atoms with E-state index in [1.54, 1.807) is 11.3 Å². The Balaban J connectivity index is 0.00000200. The Morgan fingerprint density at radius 1 is 1.40 bits per heavy atom. The fourth-order valence-corrected chi connectivity index (χ4v) is 3.62. The topological polar surface area (TPSA) is 54.5 Å². The van der Waals surface area contributed by atoms with Crippen molar-refractivity contribution in [3.05, 3.63) is 16.1 Å². The fraction of sp³-hybridized carbons (Fsp3) is 0.692. The maximum atomic E-state index is 6.03. The lowest BCUT2D eigenvalue weighted by molar-refractivity contribution is 0.455. The Bertz CT molecular complexity index is 447. The van der Waals surface area contributed by atoms with Crippen LogP contribution in [-0.4, -0.2) is 40.4 Å². The molecule has 2 heterocycles. The molecule has 0 amide bonds. The lowest BCUT2D eigenvalue weighted by Crippen LogP contribution is -2.42. The minimum atomic E-state index is 0. The summed E-state index contributed by atoms with van der Waals surface area (Å²) in [5.74, 6) is 2.94. The van der Waals surface area contributed by atoms with Crippen LogP contribution in [0.5, 0.6) is 0 Å². The van der Waals surface area contributed by atoms with Crippen molar-refractivity contribution in [2.45, 2.75) is 32.7 Å². The van der Waals surface area contributed by atoms with Crippen LogP contribution in [0, 0.1) is 0 Å². The molecule has 1 saturated heterocycles. The number of aliphatic imine (C=N–C) groups is 1. The summed E-state index contributed by atoms with van der Waals surface area (Å²) in [7, 11) is 0. The van der Waals surface area contributed by atoms with Crippen LogP contribution in [0.15, 0.2) is 10.4 Å². The normalized spacial score (nSPS) is 16.9. The summed E-state index contributed by atoms with van der Waals surface area (Å²) in [6, 6.07) is 0. The Morgan fingerprint density at radius 2 is 2.05 bits per heavy atom. The highest BCUT2D eigenvalue weighted by molar-refractivity contribution is 14.0. The average Bonchev–Trinajstić information content (AvgIpc) is 2.86. The SMILES string of the molecule is CC(C)(C)c1csc(CN=C(N)N2CCSCC2)n1.I. The Hall–Kier alpha value is -0.0200. The summed E-state index contributed by atoms with van der Waals surface area (Å²) in [6.45, 7) is 9.13. The number of hydrogen-bond donors (Lipinski definition) is 1. The summed E-state index contributed by atoms with van der Waals surface area (Å²) in [6.07, 6.45) is 0. The predicted molar refractivity (Wildman–Crippen MR) is 100 cm³/mol. The predicted octanol–water partition coefficient (Wildman–Crippen LogP) is 2.92. The number of nitrogens with two attached hydrogens (primary N) is 1. The van der Waals surface area contributed by atoms with Crippen molar-refractivity contribution >= 4 is 53.0 Å². The molecule has 0 radical (unpaired) electrons. The monoisotopic (exact) mass is 426 g/mol. The first-order valence-electron chi connectivity index (χ1n) is 6.54. The van der Waals surface area contributed by atoms with E-state index in [-0.39, 0.29) is 29.4 Å². The van der Waals surface area contributed by atoms with E-state index in [1.165, 1.54) is 0 Å². The fourth-order valence-electron chi connectivity index (χ4n) is 1.77. The zero-order chi connectivity index (χ0) is 13.9. The molecule has 4 nitrogen and oxygen atoms in total. The molecule has 0 saturated carbocycles. The van der Waals surface area contributed by atoms with E-state index >= 15 is 0 Å². The molecule has 2 rings (SSSR count). The van der Waals surface area contributed by atoms with E-state index in [9.17, 15) is 0 Å². The number of hydrogen-bond acceptors (Lipinski definition) is 4. The molecule has 0 spiro atoms. The minimum absolute atomic E-state index is 0. The van der Waals surface area contributed by atoms with Gasteiger partial charge in [-0.3, -0.25) is 0 Å². The van der Waals surface area contributed by atoms with Crippen LogP contribution < -0.4 is 5.73 Å². The number of thiazole rings is 1. The van der Waals surface area contributed by atoms with E-state index in [4.69, 9.17) is 5.73 Å². The molecule has 0 atom stereocenters. The quantitative estimate of drug-likeness (QED) is 0.449. The molecule has 114 valence electrons. The molecule has 1 fully saturated rings. The first-order chi connectivity index (χ1) is 8.97. The van der Waals surface area contributed by atoms with Crippen molar-refractivity contribution in [3.63, 3.8) is 0 Å². The Labute approximate surface area is 146 Å². The van der Waals surface area contributed by atoms with Crippen molar-refractivity contribution in [1.82, 2.24) is 9.88 Å². The summed E-state index contributed by atoms with van der Waals surface area (Å²) in [5.41, 5.74) is 7.27. The molecule has 0 unspecified atom stereocenters. The zero-order valence-electron chi connectivity index (χ0n) is 12.3. The van der Waals surface area contributed by atoms with Gasteiger partial charge in [0.15, 0.2) is 5.96 Å². The van der Waals surface area contributed by atoms with Crippen LogP contribution in [0.3, 0.4) is 0 Å². The number of rotatable bonds is 2. The largest absolute Gasteiger partial charge is 0.370 e. The van der Waals surface area contributed by atoms with Crippen LogP contribution in [0.2, 0.25) is 0 Å². The molecule has 0 bridgehead atoms. The van der Waals surface area contributed by atoms with Crippen molar-refractivity contribution in [3.8, 4) is 0 Å². The first kappa shape index (κ1) is 18.0. The van der Waals surface area contributed by atoms with Crippen molar-refractivity contribution in [1.29, 1.82) is 0 Å². The second kappa shape index (κ2) is 7.84. The molecular formula is C13H23IN4S2. The zero-order valence-corrected chi connectivity index (χ0v) is 16.2. The lowest BCUT2D eigenvalue weighted by atomic mass is 9.93. The molecule has 0 aliphatic carbocycles. The van der Waals surface area contributed by atoms with Gasteiger partial charge in [-0.05, 0) is 0 Å². The second-order valence-electron chi connectivity index (χ2n) is 5.65. The second-order valence-corrected chi connectivity index (χ2v) is 7.82. The van der Waals surface area contributed by atoms with Gasteiger partial charge in [0.05, 0.1) is 12.2 Å². The van der Waals surface area contributed by atoms with Crippen LogP contribution in [0.4, 0.5) is 0 Å². The van der Waals surface area contributed by atoms with Gasteiger partial charge in [0.25, 0.3) is 0 Å². The van der Waals surface area contributed by atoms with E-state index < -0.39 is 0 Å².